The molecular formula is C10H12ClF3N2. The number of rotatable bonds is 5. The van der Waals surface area contributed by atoms with Crippen LogP contribution in [-0.2, 0) is 0 Å². The maximum absolute atomic E-state index is 13.4. The van der Waals surface area contributed by atoms with E-state index in [0.717, 1.165) is 6.07 Å². The van der Waals surface area contributed by atoms with E-state index in [-0.39, 0.29) is 5.56 Å². The van der Waals surface area contributed by atoms with Crippen LogP contribution in [0.2, 0.25) is 0 Å². The van der Waals surface area contributed by atoms with E-state index in [4.69, 9.17) is 17.4 Å². The van der Waals surface area contributed by atoms with Gasteiger partial charge in [0.15, 0.2) is 17.5 Å². The van der Waals surface area contributed by atoms with E-state index < -0.39 is 23.5 Å². The molecule has 0 saturated heterocycles. The monoisotopic (exact) mass is 252 g/mol. The predicted molar refractivity (Wildman–Crippen MR) is 56.3 cm³/mol. The Morgan fingerprint density at radius 1 is 1.25 bits per heavy atom. The minimum atomic E-state index is -1.48. The topological polar surface area (TPSA) is 38.0 Å². The Labute approximate surface area is 96.6 Å². The number of hydrogen-bond donors (Lipinski definition) is 2. The van der Waals surface area contributed by atoms with Gasteiger partial charge in [-0.25, -0.2) is 13.2 Å². The second kappa shape index (κ2) is 6.08. The Hall–Kier alpha value is -0.780. The first kappa shape index (κ1) is 13.3. The molecule has 6 heteroatoms. The molecule has 0 radical (unpaired) electrons. The van der Waals surface area contributed by atoms with Gasteiger partial charge in [0.1, 0.15) is 0 Å². The Morgan fingerprint density at radius 3 is 2.50 bits per heavy atom. The van der Waals surface area contributed by atoms with Gasteiger partial charge < -0.3 is 0 Å². The van der Waals surface area contributed by atoms with Crippen molar-refractivity contribution in [1.29, 1.82) is 0 Å². The van der Waals surface area contributed by atoms with Crippen LogP contribution in [0.3, 0.4) is 0 Å². The van der Waals surface area contributed by atoms with Gasteiger partial charge in [-0.2, -0.15) is 0 Å². The standard InChI is InChI=1S/C10H12ClF3N2/c11-5-1-2-8(16-15)6-3-4-7(12)10(14)9(6)13/h3-4,8,16H,1-2,5,15H2. The fourth-order valence-corrected chi connectivity index (χ4v) is 1.57. The minimum absolute atomic E-state index is 0.00603. The summed E-state index contributed by atoms with van der Waals surface area (Å²) in [7, 11) is 0. The lowest BCUT2D eigenvalue weighted by Crippen LogP contribution is -2.29. The number of benzene rings is 1. The van der Waals surface area contributed by atoms with Crippen LogP contribution >= 0.6 is 11.6 Å². The SMILES string of the molecule is NNC(CCCCl)c1ccc(F)c(F)c1F. The molecule has 1 unspecified atom stereocenters. The van der Waals surface area contributed by atoms with Crippen molar-refractivity contribution in [3.05, 3.63) is 35.1 Å². The highest BCUT2D eigenvalue weighted by Gasteiger charge is 2.19. The summed E-state index contributed by atoms with van der Waals surface area (Å²) >= 11 is 5.49. The number of nitrogens with one attached hydrogen (secondary N) is 1. The third-order valence-corrected chi connectivity index (χ3v) is 2.54. The molecule has 0 aliphatic rings. The second-order valence-electron chi connectivity index (χ2n) is 3.32. The molecule has 0 aliphatic carbocycles. The van der Waals surface area contributed by atoms with Crippen molar-refractivity contribution >= 4 is 11.6 Å². The lowest BCUT2D eigenvalue weighted by Gasteiger charge is -2.16. The quantitative estimate of drug-likeness (QED) is 0.366. The van der Waals surface area contributed by atoms with Crippen molar-refractivity contribution in [2.75, 3.05) is 5.88 Å². The molecule has 1 rings (SSSR count). The predicted octanol–water partition coefficient (Wildman–Crippen LogP) is 2.63. The normalized spacial score (nSPS) is 12.8. The van der Waals surface area contributed by atoms with Crippen molar-refractivity contribution in [3.63, 3.8) is 0 Å². The average molecular weight is 253 g/mol. The van der Waals surface area contributed by atoms with Crippen LogP contribution in [-0.4, -0.2) is 5.88 Å². The van der Waals surface area contributed by atoms with E-state index in [0.29, 0.717) is 18.7 Å². The van der Waals surface area contributed by atoms with Gasteiger partial charge in [0, 0.05) is 17.5 Å². The maximum atomic E-state index is 13.4. The highest BCUT2D eigenvalue weighted by molar-refractivity contribution is 6.17. The zero-order chi connectivity index (χ0) is 12.1. The number of hydrazine groups is 1. The average Bonchev–Trinajstić information content (AvgIpc) is 2.29. The van der Waals surface area contributed by atoms with E-state index in [1.54, 1.807) is 0 Å². The number of alkyl halides is 1. The number of halogens is 4. The van der Waals surface area contributed by atoms with Crippen LogP contribution < -0.4 is 11.3 Å². The zero-order valence-electron chi connectivity index (χ0n) is 8.44. The molecular weight excluding hydrogens is 241 g/mol. The lowest BCUT2D eigenvalue weighted by molar-refractivity contribution is 0.418. The first-order valence-corrected chi connectivity index (χ1v) is 5.30. The first-order valence-electron chi connectivity index (χ1n) is 4.77. The van der Waals surface area contributed by atoms with Crippen molar-refractivity contribution in [3.8, 4) is 0 Å². The van der Waals surface area contributed by atoms with E-state index in [1.807, 2.05) is 0 Å². The Bertz CT molecular complexity index is 360. The van der Waals surface area contributed by atoms with Gasteiger partial charge >= 0.3 is 0 Å². The molecule has 16 heavy (non-hydrogen) atoms. The largest absolute Gasteiger partial charge is 0.271 e. The summed E-state index contributed by atoms with van der Waals surface area (Å²) < 4.78 is 39.0. The van der Waals surface area contributed by atoms with Crippen LogP contribution in [0.1, 0.15) is 24.4 Å². The molecule has 2 nitrogen and oxygen atoms in total. The molecule has 0 saturated carbocycles. The molecule has 0 aromatic heterocycles. The van der Waals surface area contributed by atoms with Gasteiger partial charge in [0.25, 0.3) is 0 Å². The van der Waals surface area contributed by atoms with Crippen molar-refractivity contribution in [2.24, 2.45) is 5.84 Å². The third-order valence-electron chi connectivity index (χ3n) is 2.27. The molecule has 0 fully saturated rings. The van der Waals surface area contributed by atoms with Gasteiger partial charge in [-0.05, 0) is 18.9 Å². The Kier molecular flexibility index (Phi) is 5.05. The Morgan fingerprint density at radius 2 is 1.94 bits per heavy atom. The summed E-state index contributed by atoms with van der Waals surface area (Å²) in [5.74, 6) is 1.71. The third kappa shape index (κ3) is 2.87. The molecule has 0 aliphatic heterocycles. The molecule has 0 spiro atoms. The van der Waals surface area contributed by atoms with Crippen LogP contribution in [0.15, 0.2) is 12.1 Å². The Balaban J connectivity index is 2.96. The molecule has 0 heterocycles. The summed E-state index contributed by atoms with van der Waals surface area (Å²) in [5.41, 5.74) is 2.36. The van der Waals surface area contributed by atoms with Crippen molar-refractivity contribution in [1.82, 2.24) is 5.43 Å². The summed E-state index contributed by atoms with van der Waals surface area (Å²) in [5, 5.41) is 0. The molecule has 3 N–H and O–H groups in total. The molecule has 90 valence electrons. The smallest absolute Gasteiger partial charge is 0.194 e. The van der Waals surface area contributed by atoms with Crippen LogP contribution in [0.5, 0.6) is 0 Å². The highest BCUT2D eigenvalue weighted by Crippen LogP contribution is 2.24. The van der Waals surface area contributed by atoms with Gasteiger partial charge in [-0.1, -0.05) is 6.07 Å². The fraction of sp³-hybridized carbons (Fsp3) is 0.400. The molecule has 1 atom stereocenters. The zero-order valence-corrected chi connectivity index (χ0v) is 9.20. The van der Waals surface area contributed by atoms with Gasteiger partial charge in [0.05, 0.1) is 0 Å². The lowest BCUT2D eigenvalue weighted by atomic mass is 10.0. The van der Waals surface area contributed by atoms with E-state index in [1.165, 1.54) is 6.07 Å². The van der Waals surface area contributed by atoms with Gasteiger partial charge in [-0.15, -0.1) is 11.6 Å². The summed E-state index contributed by atoms with van der Waals surface area (Å²) in [6, 6.07) is 1.47. The van der Waals surface area contributed by atoms with E-state index in [2.05, 4.69) is 5.43 Å². The summed E-state index contributed by atoms with van der Waals surface area (Å²) in [4.78, 5) is 0. The van der Waals surface area contributed by atoms with Gasteiger partial charge in [-0.3, -0.25) is 11.3 Å². The van der Waals surface area contributed by atoms with Gasteiger partial charge in [0.2, 0.25) is 0 Å². The maximum Gasteiger partial charge on any atom is 0.194 e. The number of hydrogen-bond acceptors (Lipinski definition) is 2. The highest BCUT2D eigenvalue weighted by atomic mass is 35.5. The van der Waals surface area contributed by atoms with E-state index >= 15 is 0 Å². The van der Waals surface area contributed by atoms with Crippen molar-refractivity contribution in [2.45, 2.75) is 18.9 Å². The van der Waals surface area contributed by atoms with Crippen LogP contribution in [0.4, 0.5) is 13.2 Å². The molecule has 0 amide bonds. The second-order valence-corrected chi connectivity index (χ2v) is 3.69. The molecule has 1 aromatic carbocycles. The summed E-state index contributed by atoms with van der Waals surface area (Å²) in [6.45, 7) is 0. The number of nitrogens with two attached hydrogens (primary N) is 1. The fourth-order valence-electron chi connectivity index (χ4n) is 1.42. The molecule has 1 aromatic rings. The molecule has 0 bridgehead atoms. The van der Waals surface area contributed by atoms with Crippen molar-refractivity contribution < 1.29 is 13.2 Å². The first-order chi connectivity index (χ1) is 7.61. The minimum Gasteiger partial charge on any atom is -0.271 e. The van der Waals surface area contributed by atoms with Crippen LogP contribution in [0, 0.1) is 17.5 Å². The summed E-state index contributed by atoms with van der Waals surface area (Å²) in [6.07, 6.45) is 1.04. The van der Waals surface area contributed by atoms with Crippen LogP contribution in [0.25, 0.3) is 0 Å². The van der Waals surface area contributed by atoms with E-state index in [9.17, 15) is 13.2 Å².